The Balaban J connectivity index is 1.78. The minimum Gasteiger partial charge on any atom is -0.306 e. The maximum atomic E-state index is 12.4. The van der Waals surface area contributed by atoms with E-state index in [1.54, 1.807) is 12.1 Å². The number of non-ortho nitro benzene ring substituents is 1. The molecule has 0 N–H and O–H groups in total. The predicted molar refractivity (Wildman–Crippen MR) is 73.6 cm³/mol. The Labute approximate surface area is 116 Å². The highest BCUT2D eigenvalue weighted by molar-refractivity contribution is 5.98. The van der Waals surface area contributed by atoms with Crippen molar-refractivity contribution in [1.29, 1.82) is 0 Å². The van der Waals surface area contributed by atoms with Gasteiger partial charge < -0.3 is 4.90 Å². The van der Waals surface area contributed by atoms with Crippen LogP contribution in [0.4, 0.5) is 11.4 Å². The number of nitrogens with zero attached hydrogens (tertiary/aromatic N) is 2. The largest absolute Gasteiger partial charge is 0.306 e. The van der Waals surface area contributed by atoms with E-state index in [1.165, 1.54) is 18.9 Å². The lowest BCUT2D eigenvalue weighted by molar-refractivity contribution is -0.384. The summed E-state index contributed by atoms with van der Waals surface area (Å²) in [4.78, 5) is 24.9. The minimum atomic E-state index is -0.366. The van der Waals surface area contributed by atoms with Crippen LogP contribution < -0.4 is 4.90 Å². The van der Waals surface area contributed by atoms with Gasteiger partial charge in [0.15, 0.2) is 0 Å². The normalized spacial score (nSPS) is 23.4. The van der Waals surface area contributed by atoms with E-state index >= 15 is 0 Å². The van der Waals surface area contributed by atoms with E-state index in [9.17, 15) is 14.9 Å². The Morgan fingerprint density at radius 2 is 2.00 bits per heavy atom. The molecule has 1 aliphatic heterocycles. The van der Waals surface area contributed by atoms with Gasteiger partial charge in [-0.3, -0.25) is 14.9 Å². The molecule has 0 radical (unpaired) electrons. The third kappa shape index (κ3) is 1.58. The van der Waals surface area contributed by atoms with Crippen LogP contribution >= 0.6 is 0 Å². The van der Waals surface area contributed by atoms with Crippen LogP contribution in [0.3, 0.4) is 0 Å². The number of anilines is 1. The molecule has 0 saturated heterocycles. The summed E-state index contributed by atoms with van der Waals surface area (Å²) in [5.74, 6) is 0.836. The molecule has 1 amide bonds. The maximum absolute atomic E-state index is 12.4. The highest BCUT2D eigenvalue weighted by Crippen LogP contribution is 2.59. The lowest BCUT2D eigenvalue weighted by Crippen LogP contribution is -2.46. The number of nitro groups is 1. The summed E-state index contributed by atoms with van der Waals surface area (Å²) in [6, 6.07) is 4.93. The van der Waals surface area contributed by atoms with Crippen LogP contribution in [-0.4, -0.2) is 16.4 Å². The summed E-state index contributed by atoms with van der Waals surface area (Å²) in [7, 11) is 0. The summed E-state index contributed by atoms with van der Waals surface area (Å²) in [5, 5.41) is 10.9. The molecule has 0 bridgehead atoms. The van der Waals surface area contributed by atoms with Crippen LogP contribution in [0.1, 0.15) is 37.7 Å². The lowest BCUT2D eigenvalue weighted by atomic mass is 9.96. The third-order valence-electron chi connectivity index (χ3n) is 4.92. The number of fused-ring (bicyclic) bond motifs is 1. The fourth-order valence-corrected chi connectivity index (χ4v) is 3.64. The zero-order chi connectivity index (χ0) is 13.9. The quantitative estimate of drug-likeness (QED) is 0.627. The molecule has 1 aromatic carbocycles. The molecule has 1 heterocycles. The summed E-state index contributed by atoms with van der Waals surface area (Å²) in [6.07, 6.45) is 5.69. The zero-order valence-corrected chi connectivity index (χ0v) is 11.2. The average molecular weight is 272 g/mol. The van der Waals surface area contributed by atoms with Crippen LogP contribution in [0.25, 0.3) is 0 Å². The SMILES string of the molecule is O=C1CCc2cc([N+](=O)[O-])ccc2N1C1(C2CC2)CC1. The molecular weight excluding hydrogens is 256 g/mol. The number of rotatable bonds is 3. The molecule has 20 heavy (non-hydrogen) atoms. The first-order valence-corrected chi connectivity index (χ1v) is 7.22. The van der Waals surface area contributed by atoms with Crippen LogP contribution in [0.15, 0.2) is 18.2 Å². The van der Waals surface area contributed by atoms with Crippen molar-refractivity contribution in [3.8, 4) is 0 Å². The topological polar surface area (TPSA) is 63.4 Å². The number of hydrogen-bond acceptors (Lipinski definition) is 3. The predicted octanol–water partition coefficient (Wildman–Crippen LogP) is 2.82. The van der Waals surface area contributed by atoms with Gasteiger partial charge in [0, 0.05) is 24.2 Å². The van der Waals surface area contributed by atoms with Gasteiger partial charge in [-0.05, 0) is 49.7 Å². The zero-order valence-electron chi connectivity index (χ0n) is 11.2. The summed E-state index contributed by atoms with van der Waals surface area (Å²) >= 11 is 0. The van der Waals surface area contributed by atoms with Crippen LogP contribution in [0.5, 0.6) is 0 Å². The molecule has 0 spiro atoms. The van der Waals surface area contributed by atoms with E-state index in [0.717, 1.165) is 24.1 Å². The molecule has 0 atom stereocenters. The van der Waals surface area contributed by atoms with E-state index in [1.807, 2.05) is 4.90 Å². The molecule has 3 aliphatic rings. The average Bonchev–Trinajstić information content (AvgIpc) is 3.29. The number of benzene rings is 1. The van der Waals surface area contributed by atoms with Crippen LogP contribution in [0, 0.1) is 16.0 Å². The first-order chi connectivity index (χ1) is 9.62. The summed E-state index contributed by atoms with van der Waals surface area (Å²) in [6.45, 7) is 0. The van der Waals surface area contributed by atoms with Crippen molar-refractivity contribution in [2.75, 3.05) is 4.90 Å². The van der Waals surface area contributed by atoms with E-state index < -0.39 is 0 Å². The monoisotopic (exact) mass is 272 g/mol. The molecule has 0 unspecified atom stereocenters. The van der Waals surface area contributed by atoms with Crippen LogP contribution in [-0.2, 0) is 11.2 Å². The second-order valence-electron chi connectivity index (χ2n) is 6.18. The van der Waals surface area contributed by atoms with Gasteiger partial charge in [-0.2, -0.15) is 0 Å². The number of carbonyl (C=O) groups excluding carboxylic acids is 1. The smallest absolute Gasteiger partial charge is 0.269 e. The molecule has 1 aromatic rings. The number of amides is 1. The molecule has 4 rings (SSSR count). The van der Waals surface area contributed by atoms with Gasteiger partial charge >= 0.3 is 0 Å². The first kappa shape index (κ1) is 11.9. The fourth-order valence-electron chi connectivity index (χ4n) is 3.64. The molecule has 2 fully saturated rings. The number of nitro benzene ring substituents is 1. The molecule has 2 aliphatic carbocycles. The first-order valence-electron chi connectivity index (χ1n) is 7.22. The molecule has 0 aromatic heterocycles. The van der Waals surface area contributed by atoms with Gasteiger partial charge in [-0.25, -0.2) is 0 Å². The molecule has 2 saturated carbocycles. The minimum absolute atomic E-state index is 0.0440. The summed E-state index contributed by atoms with van der Waals surface area (Å²) in [5.41, 5.74) is 2.03. The Kier molecular flexibility index (Phi) is 2.26. The second kappa shape index (κ2) is 3.81. The maximum Gasteiger partial charge on any atom is 0.269 e. The van der Waals surface area contributed by atoms with Crippen molar-refractivity contribution in [1.82, 2.24) is 0 Å². The van der Waals surface area contributed by atoms with E-state index in [0.29, 0.717) is 18.8 Å². The van der Waals surface area contributed by atoms with Crippen LogP contribution in [0.2, 0.25) is 0 Å². The molecule has 104 valence electrons. The van der Waals surface area contributed by atoms with E-state index in [4.69, 9.17) is 0 Å². The second-order valence-corrected chi connectivity index (χ2v) is 6.18. The third-order valence-corrected chi connectivity index (χ3v) is 4.92. The van der Waals surface area contributed by atoms with Gasteiger partial charge in [0.2, 0.25) is 5.91 Å². The van der Waals surface area contributed by atoms with Gasteiger partial charge in [-0.15, -0.1) is 0 Å². The van der Waals surface area contributed by atoms with Crippen molar-refractivity contribution in [2.24, 2.45) is 5.92 Å². The number of aryl methyl sites for hydroxylation is 1. The number of carbonyl (C=O) groups is 1. The Morgan fingerprint density at radius 1 is 1.25 bits per heavy atom. The highest BCUT2D eigenvalue weighted by Gasteiger charge is 2.60. The van der Waals surface area contributed by atoms with Crippen molar-refractivity contribution >= 4 is 17.3 Å². The van der Waals surface area contributed by atoms with Crippen molar-refractivity contribution < 1.29 is 9.72 Å². The lowest BCUT2D eigenvalue weighted by Gasteiger charge is -2.37. The van der Waals surface area contributed by atoms with E-state index in [2.05, 4.69) is 0 Å². The van der Waals surface area contributed by atoms with Gasteiger partial charge in [0.1, 0.15) is 0 Å². The van der Waals surface area contributed by atoms with Crippen molar-refractivity contribution in [2.45, 2.75) is 44.1 Å². The highest BCUT2D eigenvalue weighted by atomic mass is 16.6. The Bertz CT molecular complexity index is 618. The van der Waals surface area contributed by atoms with Gasteiger partial charge in [0.25, 0.3) is 5.69 Å². The van der Waals surface area contributed by atoms with Crippen molar-refractivity contribution in [3.63, 3.8) is 0 Å². The molecular formula is C15H16N2O3. The van der Waals surface area contributed by atoms with E-state index in [-0.39, 0.29) is 22.1 Å². The Morgan fingerprint density at radius 3 is 2.60 bits per heavy atom. The molecule has 5 heteroatoms. The fraction of sp³-hybridized carbons (Fsp3) is 0.533. The standard InChI is InChI=1S/C15H16N2O3/c18-14-6-1-10-9-12(17(19)20)4-5-13(10)16(14)15(7-8-15)11-2-3-11/h4-5,9,11H,1-3,6-8H2. The van der Waals surface area contributed by atoms with Crippen molar-refractivity contribution in [3.05, 3.63) is 33.9 Å². The molecule has 5 nitrogen and oxygen atoms in total. The van der Waals surface area contributed by atoms with Gasteiger partial charge in [0.05, 0.1) is 10.5 Å². The summed E-state index contributed by atoms with van der Waals surface area (Å²) < 4.78 is 0. The Hall–Kier alpha value is -1.91. The number of hydrogen-bond donors (Lipinski definition) is 0. The van der Waals surface area contributed by atoms with Gasteiger partial charge in [-0.1, -0.05) is 0 Å².